The van der Waals surface area contributed by atoms with Crippen LogP contribution in [0.5, 0.6) is 5.75 Å². The number of nitrogens with one attached hydrogen (secondary N) is 1. The number of amides is 1. The van der Waals surface area contributed by atoms with Gasteiger partial charge in [-0.05, 0) is 79.0 Å². The zero-order valence-corrected chi connectivity index (χ0v) is 15.8. The summed E-state index contributed by atoms with van der Waals surface area (Å²) in [4.78, 5) is 12.3. The van der Waals surface area contributed by atoms with Crippen LogP contribution in [0.2, 0.25) is 0 Å². The molecule has 1 amide bonds. The molecule has 1 aromatic rings. The maximum atomic E-state index is 12.3. The van der Waals surface area contributed by atoms with E-state index in [4.69, 9.17) is 4.74 Å². The molecule has 0 radical (unpaired) electrons. The van der Waals surface area contributed by atoms with E-state index in [0.717, 1.165) is 39.0 Å². The zero-order chi connectivity index (χ0) is 17.0. The van der Waals surface area contributed by atoms with E-state index in [2.05, 4.69) is 45.8 Å². The van der Waals surface area contributed by atoms with Crippen molar-refractivity contribution in [1.82, 2.24) is 5.43 Å². The van der Waals surface area contributed by atoms with E-state index in [-0.39, 0.29) is 5.91 Å². The van der Waals surface area contributed by atoms with Crippen LogP contribution in [0.15, 0.2) is 47.1 Å². The van der Waals surface area contributed by atoms with Crippen molar-refractivity contribution in [1.29, 1.82) is 0 Å². The molecule has 1 N–H and O–H groups in total. The third kappa shape index (κ3) is 4.43. The van der Waals surface area contributed by atoms with Crippen molar-refractivity contribution in [3.05, 3.63) is 51.1 Å². The molecule has 0 aliphatic heterocycles. The SMILES string of the molecule is C=C(C)[C@@H]1CC=C(C)/C(=N/NC(=O)c2ccc(OC)c(I)c2)C1. The summed E-state index contributed by atoms with van der Waals surface area (Å²) in [5, 5.41) is 4.32. The first-order valence-corrected chi connectivity index (χ1v) is 8.53. The number of allylic oxidation sites excluding steroid dienone is 3. The molecule has 23 heavy (non-hydrogen) atoms. The van der Waals surface area contributed by atoms with Gasteiger partial charge in [0.1, 0.15) is 5.75 Å². The number of carbonyl (C=O) groups excluding carboxylic acids is 1. The summed E-state index contributed by atoms with van der Waals surface area (Å²) in [6, 6.07) is 5.30. The summed E-state index contributed by atoms with van der Waals surface area (Å²) in [7, 11) is 1.61. The summed E-state index contributed by atoms with van der Waals surface area (Å²) in [5.41, 5.74) is 6.41. The van der Waals surface area contributed by atoms with Gasteiger partial charge in [-0.1, -0.05) is 18.2 Å². The maximum Gasteiger partial charge on any atom is 0.271 e. The molecule has 1 aliphatic carbocycles. The number of benzene rings is 1. The molecule has 1 aliphatic rings. The highest BCUT2D eigenvalue weighted by Crippen LogP contribution is 2.26. The molecule has 0 spiro atoms. The normalized spacial score (nSPS) is 19.2. The number of rotatable bonds is 4. The molecule has 0 heterocycles. The van der Waals surface area contributed by atoms with Gasteiger partial charge in [-0.3, -0.25) is 4.79 Å². The molecule has 1 aromatic carbocycles. The molecule has 4 nitrogen and oxygen atoms in total. The van der Waals surface area contributed by atoms with Gasteiger partial charge in [0.2, 0.25) is 0 Å². The number of halogens is 1. The molecule has 0 saturated carbocycles. The Balaban J connectivity index is 2.11. The lowest BCUT2D eigenvalue weighted by Gasteiger charge is -2.22. The van der Waals surface area contributed by atoms with Crippen LogP contribution in [-0.2, 0) is 0 Å². The van der Waals surface area contributed by atoms with Gasteiger partial charge in [-0.25, -0.2) is 5.43 Å². The molecule has 1 atom stereocenters. The topological polar surface area (TPSA) is 50.7 Å². The van der Waals surface area contributed by atoms with E-state index in [0.29, 0.717) is 11.5 Å². The Morgan fingerprint density at radius 3 is 2.83 bits per heavy atom. The van der Waals surface area contributed by atoms with Gasteiger partial charge in [0, 0.05) is 5.56 Å². The molecule has 0 bridgehead atoms. The van der Waals surface area contributed by atoms with Gasteiger partial charge < -0.3 is 4.74 Å². The number of nitrogens with zero attached hydrogens (tertiary/aromatic N) is 1. The summed E-state index contributed by atoms with van der Waals surface area (Å²) in [6.07, 6.45) is 3.97. The lowest BCUT2D eigenvalue weighted by atomic mass is 9.85. The van der Waals surface area contributed by atoms with Crippen molar-refractivity contribution < 1.29 is 9.53 Å². The first-order chi connectivity index (χ1) is 10.9. The third-order valence-electron chi connectivity index (χ3n) is 4.01. The number of hydrogen-bond acceptors (Lipinski definition) is 3. The molecular weight excluding hydrogens is 403 g/mol. The Morgan fingerprint density at radius 2 is 2.22 bits per heavy atom. The van der Waals surface area contributed by atoms with Crippen molar-refractivity contribution in [2.24, 2.45) is 11.0 Å². The van der Waals surface area contributed by atoms with Gasteiger partial charge in [0.05, 0.1) is 16.4 Å². The van der Waals surface area contributed by atoms with Crippen molar-refractivity contribution in [2.45, 2.75) is 26.7 Å². The molecule has 0 aromatic heterocycles. The van der Waals surface area contributed by atoms with Crippen LogP contribution < -0.4 is 10.2 Å². The van der Waals surface area contributed by atoms with Crippen LogP contribution >= 0.6 is 22.6 Å². The molecule has 5 heteroatoms. The van der Waals surface area contributed by atoms with Crippen LogP contribution in [0.25, 0.3) is 0 Å². The maximum absolute atomic E-state index is 12.3. The van der Waals surface area contributed by atoms with Crippen molar-refractivity contribution in [3.8, 4) is 5.75 Å². The van der Waals surface area contributed by atoms with Gasteiger partial charge in [0.25, 0.3) is 5.91 Å². The second kappa shape index (κ2) is 7.77. The first kappa shape index (κ1) is 17.7. The highest BCUT2D eigenvalue weighted by atomic mass is 127. The predicted octanol–water partition coefficient (Wildman–Crippen LogP) is 4.32. The number of ether oxygens (including phenoxy) is 1. The van der Waals surface area contributed by atoms with E-state index >= 15 is 0 Å². The minimum absolute atomic E-state index is 0.219. The lowest BCUT2D eigenvalue weighted by molar-refractivity contribution is 0.0954. The zero-order valence-electron chi connectivity index (χ0n) is 13.6. The summed E-state index contributed by atoms with van der Waals surface area (Å²) in [6.45, 7) is 8.08. The van der Waals surface area contributed by atoms with Crippen molar-refractivity contribution in [3.63, 3.8) is 0 Å². The standard InChI is InChI=1S/C18H21IN2O2/c1-11(2)13-6-5-12(3)16(10-13)20-21-18(22)14-7-8-17(23-4)15(19)9-14/h5,7-9,13H,1,6,10H2,2-4H3,(H,21,22)/b20-16+/t13-/m1/s1. The summed E-state index contributed by atoms with van der Waals surface area (Å²) in [5.74, 6) is 0.934. The second-order valence-electron chi connectivity index (χ2n) is 5.72. The van der Waals surface area contributed by atoms with Crippen molar-refractivity contribution >= 4 is 34.2 Å². The van der Waals surface area contributed by atoms with E-state index in [1.54, 1.807) is 25.3 Å². The summed E-state index contributed by atoms with van der Waals surface area (Å²) >= 11 is 2.14. The van der Waals surface area contributed by atoms with Crippen molar-refractivity contribution in [2.75, 3.05) is 7.11 Å². The minimum Gasteiger partial charge on any atom is -0.496 e. The van der Waals surface area contributed by atoms with Crippen LogP contribution in [-0.4, -0.2) is 18.7 Å². The Kier molecular flexibility index (Phi) is 5.98. The number of hydrogen-bond donors (Lipinski definition) is 1. The van der Waals surface area contributed by atoms with E-state index in [1.165, 1.54) is 0 Å². The van der Waals surface area contributed by atoms with E-state index < -0.39 is 0 Å². The molecule has 0 saturated heterocycles. The largest absolute Gasteiger partial charge is 0.496 e. The molecular formula is C18H21IN2O2. The third-order valence-corrected chi connectivity index (χ3v) is 4.85. The van der Waals surface area contributed by atoms with Crippen LogP contribution in [0, 0.1) is 9.49 Å². The minimum atomic E-state index is -0.219. The molecule has 0 fully saturated rings. The average molecular weight is 424 g/mol. The molecule has 0 unspecified atom stereocenters. The second-order valence-corrected chi connectivity index (χ2v) is 6.88. The Labute approximate surface area is 150 Å². The Bertz CT molecular complexity index is 692. The lowest BCUT2D eigenvalue weighted by Crippen LogP contribution is -2.23. The smallest absolute Gasteiger partial charge is 0.271 e. The van der Waals surface area contributed by atoms with E-state index in [1.807, 2.05) is 13.8 Å². The van der Waals surface area contributed by atoms with Crippen LogP contribution in [0.4, 0.5) is 0 Å². The van der Waals surface area contributed by atoms with E-state index in [9.17, 15) is 4.79 Å². The van der Waals surface area contributed by atoms with Gasteiger partial charge >= 0.3 is 0 Å². The molecule has 122 valence electrons. The fourth-order valence-electron chi connectivity index (χ4n) is 2.41. The quantitative estimate of drug-likeness (QED) is 0.445. The Morgan fingerprint density at radius 1 is 1.48 bits per heavy atom. The number of hydrazone groups is 1. The van der Waals surface area contributed by atoms with Gasteiger partial charge in [-0.15, -0.1) is 0 Å². The average Bonchev–Trinajstić information content (AvgIpc) is 2.53. The predicted molar refractivity (Wildman–Crippen MR) is 102 cm³/mol. The highest BCUT2D eigenvalue weighted by Gasteiger charge is 2.19. The molecule has 2 rings (SSSR count). The van der Waals surface area contributed by atoms with Gasteiger partial charge in [-0.2, -0.15) is 5.10 Å². The fraction of sp³-hybridized carbons (Fsp3) is 0.333. The highest BCUT2D eigenvalue weighted by molar-refractivity contribution is 14.1. The van der Waals surface area contributed by atoms with Crippen LogP contribution in [0.1, 0.15) is 37.0 Å². The summed E-state index contributed by atoms with van der Waals surface area (Å²) < 4.78 is 6.09. The monoisotopic (exact) mass is 424 g/mol. The fourth-order valence-corrected chi connectivity index (χ4v) is 3.15. The Hall–Kier alpha value is -1.63. The van der Waals surface area contributed by atoms with Crippen LogP contribution in [0.3, 0.4) is 0 Å². The first-order valence-electron chi connectivity index (χ1n) is 7.45. The number of methoxy groups -OCH3 is 1. The number of carbonyl (C=O) groups is 1. The van der Waals surface area contributed by atoms with Gasteiger partial charge in [0.15, 0.2) is 0 Å².